The normalized spacial score (nSPS) is 9.17. The van der Waals surface area contributed by atoms with E-state index in [-0.39, 0.29) is 6.67 Å². The van der Waals surface area contributed by atoms with Gasteiger partial charge in [-0.25, -0.2) is 4.39 Å². The van der Waals surface area contributed by atoms with E-state index in [0.717, 1.165) is 4.99 Å². The fourth-order valence-corrected chi connectivity index (χ4v) is 0.933. The van der Waals surface area contributed by atoms with Crippen LogP contribution < -0.4 is 10.6 Å². The molecule has 5 heteroatoms. The molecule has 0 saturated carbocycles. The van der Waals surface area contributed by atoms with Gasteiger partial charge in [-0.05, 0) is 6.92 Å². The van der Waals surface area contributed by atoms with Gasteiger partial charge >= 0.3 is 0 Å². The molecule has 0 fully saturated rings. The van der Waals surface area contributed by atoms with Gasteiger partial charge in [0.1, 0.15) is 6.67 Å². The SMILES string of the molecule is CC(=S)NCCC(=S)NCCF. The smallest absolute Gasteiger partial charge is 0.107 e. The van der Waals surface area contributed by atoms with Crippen molar-refractivity contribution < 1.29 is 4.39 Å². The largest absolute Gasteiger partial charge is 0.379 e. The highest BCUT2D eigenvalue weighted by Gasteiger charge is 1.94. The van der Waals surface area contributed by atoms with Crippen LogP contribution in [0.25, 0.3) is 0 Å². The molecule has 0 aliphatic rings. The molecule has 2 N–H and O–H groups in total. The van der Waals surface area contributed by atoms with Gasteiger partial charge in [0.25, 0.3) is 0 Å². The van der Waals surface area contributed by atoms with E-state index in [1.807, 2.05) is 6.92 Å². The molecule has 0 spiro atoms. The molecule has 0 aromatic carbocycles. The summed E-state index contributed by atoms with van der Waals surface area (Å²) in [5.74, 6) is 0. The van der Waals surface area contributed by atoms with Crippen LogP contribution in [0.15, 0.2) is 0 Å². The first-order valence-electron chi connectivity index (χ1n) is 3.74. The van der Waals surface area contributed by atoms with E-state index in [2.05, 4.69) is 10.6 Å². The van der Waals surface area contributed by atoms with Gasteiger partial charge < -0.3 is 10.6 Å². The van der Waals surface area contributed by atoms with Crippen molar-refractivity contribution in [3.8, 4) is 0 Å². The van der Waals surface area contributed by atoms with Crippen molar-refractivity contribution in [2.75, 3.05) is 19.8 Å². The first kappa shape index (κ1) is 11.7. The minimum absolute atomic E-state index is 0.301. The molecule has 0 rings (SSSR count). The zero-order chi connectivity index (χ0) is 9.40. The maximum Gasteiger partial charge on any atom is 0.107 e. The summed E-state index contributed by atoms with van der Waals surface area (Å²) in [4.78, 5) is 1.43. The monoisotopic (exact) mass is 208 g/mol. The van der Waals surface area contributed by atoms with Gasteiger partial charge in [-0.15, -0.1) is 0 Å². The fourth-order valence-electron chi connectivity index (χ4n) is 0.627. The zero-order valence-electron chi connectivity index (χ0n) is 7.02. The minimum Gasteiger partial charge on any atom is -0.379 e. The molecule has 0 bridgehead atoms. The average molecular weight is 208 g/mol. The first-order valence-corrected chi connectivity index (χ1v) is 4.55. The van der Waals surface area contributed by atoms with Crippen LogP contribution in [-0.2, 0) is 0 Å². The zero-order valence-corrected chi connectivity index (χ0v) is 8.66. The van der Waals surface area contributed by atoms with E-state index in [4.69, 9.17) is 24.4 Å². The summed E-state index contributed by atoms with van der Waals surface area (Å²) in [7, 11) is 0. The van der Waals surface area contributed by atoms with Crippen molar-refractivity contribution in [3.63, 3.8) is 0 Å². The number of rotatable bonds is 5. The Morgan fingerprint density at radius 2 is 1.92 bits per heavy atom. The van der Waals surface area contributed by atoms with E-state index in [1.54, 1.807) is 0 Å². The van der Waals surface area contributed by atoms with Gasteiger partial charge in [-0.1, -0.05) is 24.4 Å². The van der Waals surface area contributed by atoms with Crippen molar-refractivity contribution in [3.05, 3.63) is 0 Å². The van der Waals surface area contributed by atoms with E-state index in [1.165, 1.54) is 0 Å². The number of hydrogen-bond donors (Lipinski definition) is 2. The number of halogens is 1. The lowest BCUT2D eigenvalue weighted by molar-refractivity contribution is 0.491. The van der Waals surface area contributed by atoms with Crippen molar-refractivity contribution in [2.24, 2.45) is 0 Å². The number of nitrogens with one attached hydrogen (secondary N) is 2. The second kappa shape index (κ2) is 7.36. The summed E-state index contributed by atoms with van der Waals surface area (Å²) in [5, 5.41) is 5.74. The first-order chi connectivity index (χ1) is 5.66. The Kier molecular flexibility index (Phi) is 7.19. The van der Waals surface area contributed by atoms with Crippen LogP contribution in [0.2, 0.25) is 0 Å². The lowest BCUT2D eigenvalue weighted by atomic mass is 10.4. The summed E-state index contributed by atoms with van der Waals surface area (Å²) in [6.07, 6.45) is 0.698. The summed E-state index contributed by atoms with van der Waals surface area (Å²) in [6, 6.07) is 0. The van der Waals surface area contributed by atoms with Crippen LogP contribution in [0.4, 0.5) is 4.39 Å². The maximum absolute atomic E-state index is 11.6. The van der Waals surface area contributed by atoms with Crippen LogP contribution in [-0.4, -0.2) is 29.7 Å². The molecule has 2 nitrogen and oxygen atoms in total. The van der Waals surface area contributed by atoms with Crippen LogP contribution in [0, 0.1) is 0 Å². The van der Waals surface area contributed by atoms with Crippen molar-refractivity contribution >= 4 is 34.4 Å². The molecule has 0 unspecified atom stereocenters. The van der Waals surface area contributed by atoms with Crippen molar-refractivity contribution in [1.29, 1.82) is 0 Å². The van der Waals surface area contributed by atoms with Gasteiger partial charge in [0.15, 0.2) is 0 Å². The van der Waals surface area contributed by atoms with Gasteiger partial charge in [0, 0.05) is 19.5 Å². The third-order valence-electron chi connectivity index (χ3n) is 1.14. The Bertz CT molecular complexity index is 161. The third kappa shape index (κ3) is 7.81. The minimum atomic E-state index is -0.389. The Morgan fingerprint density at radius 3 is 2.42 bits per heavy atom. The fraction of sp³-hybridized carbons (Fsp3) is 0.714. The Labute approximate surface area is 82.9 Å². The van der Waals surface area contributed by atoms with Crippen LogP contribution in [0.1, 0.15) is 13.3 Å². The van der Waals surface area contributed by atoms with E-state index in [9.17, 15) is 4.39 Å². The summed E-state index contributed by atoms with van der Waals surface area (Å²) in [6.45, 7) is 2.44. The van der Waals surface area contributed by atoms with Crippen LogP contribution in [0.3, 0.4) is 0 Å². The second-order valence-corrected chi connectivity index (χ2v) is 3.38. The van der Waals surface area contributed by atoms with Gasteiger partial charge in [0.2, 0.25) is 0 Å². The Morgan fingerprint density at radius 1 is 1.25 bits per heavy atom. The summed E-state index contributed by atoms with van der Waals surface area (Å²) < 4.78 is 11.6. The van der Waals surface area contributed by atoms with Gasteiger partial charge in [-0.2, -0.15) is 0 Å². The number of thiocarbonyl (C=S) groups is 2. The van der Waals surface area contributed by atoms with E-state index in [0.29, 0.717) is 24.5 Å². The molecule has 0 radical (unpaired) electrons. The standard InChI is InChI=1S/C7H13FN2S2/c1-6(11)9-4-2-7(12)10-5-3-8/h2-5H2,1H3,(H,9,11)(H,10,12). The highest BCUT2D eigenvalue weighted by Crippen LogP contribution is 1.81. The van der Waals surface area contributed by atoms with Gasteiger partial charge in [-0.3, -0.25) is 0 Å². The van der Waals surface area contributed by atoms with Crippen LogP contribution in [0.5, 0.6) is 0 Å². The Balaban J connectivity index is 3.25. The number of alkyl halides is 1. The predicted molar refractivity (Wildman–Crippen MR) is 57.5 cm³/mol. The molecular weight excluding hydrogens is 195 g/mol. The summed E-state index contributed by atoms with van der Waals surface area (Å²) in [5.41, 5.74) is 0. The van der Waals surface area contributed by atoms with E-state index >= 15 is 0 Å². The molecule has 0 saturated heterocycles. The molecule has 0 aliphatic carbocycles. The molecule has 0 atom stereocenters. The predicted octanol–water partition coefficient (Wildman–Crippen LogP) is 1.20. The third-order valence-corrected chi connectivity index (χ3v) is 1.64. The molecular formula is C7H13FN2S2. The highest BCUT2D eigenvalue weighted by molar-refractivity contribution is 7.80. The molecule has 0 amide bonds. The molecule has 12 heavy (non-hydrogen) atoms. The lowest BCUT2D eigenvalue weighted by Gasteiger charge is -2.06. The molecule has 70 valence electrons. The number of hydrogen-bond acceptors (Lipinski definition) is 2. The van der Waals surface area contributed by atoms with Crippen LogP contribution >= 0.6 is 24.4 Å². The molecule has 0 aliphatic heterocycles. The second-order valence-electron chi connectivity index (χ2n) is 2.27. The average Bonchev–Trinajstić information content (AvgIpc) is 2.00. The van der Waals surface area contributed by atoms with E-state index < -0.39 is 0 Å². The Hall–Kier alpha value is -0.290. The molecule has 0 aromatic rings. The molecule has 0 heterocycles. The van der Waals surface area contributed by atoms with Crippen molar-refractivity contribution in [2.45, 2.75) is 13.3 Å². The molecule has 0 aromatic heterocycles. The summed E-state index contributed by atoms with van der Waals surface area (Å²) >= 11 is 9.71. The van der Waals surface area contributed by atoms with Gasteiger partial charge in [0.05, 0.1) is 9.98 Å². The topological polar surface area (TPSA) is 24.1 Å². The highest BCUT2D eigenvalue weighted by atomic mass is 32.1. The maximum atomic E-state index is 11.6. The lowest BCUT2D eigenvalue weighted by Crippen LogP contribution is -2.28. The quantitative estimate of drug-likeness (QED) is 0.663. The van der Waals surface area contributed by atoms with Crippen molar-refractivity contribution in [1.82, 2.24) is 10.6 Å².